The number of nitrogens with zero attached hydrogens (tertiary/aromatic N) is 2. The van der Waals surface area contributed by atoms with Gasteiger partial charge in [-0.05, 0) is 42.5 Å². The molecule has 2 amide bonds. The molecule has 6 heteroatoms. The van der Waals surface area contributed by atoms with Gasteiger partial charge in [0.1, 0.15) is 0 Å². The van der Waals surface area contributed by atoms with Gasteiger partial charge >= 0.3 is 0 Å². The Hall–Kier alpha value is -3.12. The maximum atomic E-state index is 12.7. The summed E-state index contributed by atoms with van der Waals surface area (Å²) in [6.07, 6.45) is 0. The highest BCUT2D eigenvalue weighted by molar-refractivity contribution is 9.10. The Kier molecular flexibility index (Phi) is 6.14. The van der Waals surface area contributed by atoms with Crippen LogP contribution in [0.1, 0.15) is 20.7 Å². The van der Waals surface area contributed by atoms with Gasteiger partial charge in [0.15, 0.2) is 0 Å². The quantitative estimate of drug-likeness (QED) is 0.611. The van der Waals surface area contributed by atoms with Crippen LogP contribution in [-0.4, -0.2) is 42.9 Å². The van der Waals surface area contributed by atoms with Crippen molar-refractivity contribution in [3.05, 3.63) is 94.5 Å². The van der Waals surface area contributed by atoms with Crippen molar-refractivity contribution in [2.45, 2.75) is 0 Å². The number of halogens is 1. The number of hydrogen-bond donors (Lipinski definition) is 1. The van der Waals surface area contributed by atoms with Crippen molar-refractivity contribution in [2.75, 3.05) is 36.4 Å². The van der Waals surface area contributed by atoms with Gasteiger partial charge in [0.25, 0.3) is 11.8 Å². The molecule has 0 aliphatic carbocycles. The van der Waals surface area contributed by atoms with E-state index in [1.54, 1.807) is 12.1 Å². The molecule has 0 saturated carbocycles. The molecule has 1 saturated heterocycles. The fourth-order valence-electron chi connectivity index (χ4n) is 3.59. The fourth-order valence-corrected chi connectivity index (χ4v) is 3.99. The molecule has 1 N–H and O–H groups in total. The summed E-state index contributed by atoms with van der Waals surface area (Å²) in [4.78, 5) is 29.5. The van der Waals surface area contributed by atoms with Crippen molar-refractivity contribution in [3.8, 4) is 0 Å². The summed E-state index contributed by atoms with van der Waals surface area (Å²) in [5, 5.41) is 3.03. The van der Waals surface area contributed by atoms with Crippen molar-refractivity contribution in [2.24, 2.45) is 0 Å². The van der Waals surface area contributed by atoms with Crippen molar-refractivity contribution in [3.63, 3.8) is 0 Å². The van der Waals surface area contributed by atoms with Crippen LogP contribution in [0.4, 0.5) is 11.4 Å². The molecule has 0 spiro atoms. The number of piperazine rings is 1. The molecule has 152 valence electrons. The molecule has 30 heavy (non-hydrogen) atoms. The van der Waals surface area contributed by atoms with Gasteiger partial charge in [0.05, 0.1) is 11.4 Å². The highest BCUT2D eigenvalue weighted by atomic mass is 79.9. The lowest BCUT2D eigenvalue weighted by atomic mass is 10.1. The Labute approximate surface area is 184 Å². The molecular weight excluding hydrogens is 442 g/mol. The molecule has 1 heterocycles. The third-order valence-corrected chi connectivity index (χ3v) is 5.66. The average molecular weight is 464 g/mol. The highest BCUT2D eigenvalue weighted by Gasteiger charge is 2.23. The minimum absolute atomic E-state index is 0.0616. The Morgan fingerprint density at radius 3 is 2.17 bits per heavy atom. The molecule has 0 atom stereocenters. The number of nitrogens with one attached hydrogen (secondary N) is 1. The van der Waals surface area contributed by atoms with Gasteiger partial charge in [-0.1, -0.05) is 52.3 Å². The van der Waals surface area contributed by atoms with Gasteiger partial charge in [-0.3, -0.25) is 9.59 Å². The van der Waals surface area contributed by atoms with E-state index in [2.05, 4.69) is 26.1 Å². The van der Waals surface area contributed by atoms with Gasteiger partial charge in [-0.25, -0.2) is 0 Å². The van der Waals surface area contributed by atoms with Gasteiger partial charge < -0.3 is 15.1 Å². The molecule has 1 aliphatic rings. The molecule has 1 aliphatic heterocycles. The first-order chi connectivity index (χ1) is 14.6. The maximum Gasteiger partial charge on any atom is 0.255 e. The Morgan fingerprint density at radius 2 is 1.43 bits per heavy atom. The summed E-state index contributed by atoms with van der Waals surface area (Å²) in [5.41, 5.74) is 3.04. The minimum Gasteiger partial charge on any atom is -0.366 e. The lowest BCUT2D eigenvalue weighted by Crippen LogP contribution is -2.49. The van der Waals surface area contributed by atoms with Gasteiger partial charge in [0, 0.05) is 41.8 Å². The zero-order valence-electron chi connectivity index (χ0n) is 16.4. The van der Waals surface area contributed by atoms with E-state index in [4.69, 9.17) is 0 Å². The molecule has 0 aromatic heterocycles. The molecule has 4 rings (SSSR count). The number of amides is 2. The monoisotopic (exact) mass is 463 g/mol. The van der Waals surface area contributed by atoms with Crippen molar-refractivity contribution in [1.29, 1.82) is 0 Å². The topological polar surface area (TPSA) is 52.7 Å². The number of hydrogen-bond acceptors (Lipinski definition) is 3. The molecule has 3 aromatic carbocycles. The van der Waals surface area contributed by atoms with E-state index in [9.17, 15) is 9.59 Å². The lowest BCUT2D eigenvalue weighted by molar-refractivity contribution is 0.0746. The largest absolute Gasteiger partial charge is 0.366 e. The SMILES string of the molecule is O=C(Nc1ccccc1N1CCN(C(=O)c2ccccc2)CC1)c1cccc(Br)c1. The summed E-state index contributed by atoms with van der Waals surface area (Å²) in [5.74, 6) is -0.0897. The zero-order chi connectivity index (χ0) is 20.9. The van der Waals surface area contributed by atoms with E-state index in [0.717, 1.165) is 15.8 Å². The number of carbonyl (C=O) groups is 2. The lowest BCUT2D eigenvalue weighted by Gasteiger charge is -2.37. The van der Waals surface area contributed by atoms with Crippen molar-refractivity contribution >= 4 is 39.1 Å². The molecule has 0 radical (unpaired) electrons. The molecule has 5 nitrogen and oxygen atoms in total. The predicted octanol–water partition coefficient (Wildman–Crippen LogP) is 4.66. The number of para-hydroxylation sites is 2. The Balaban J connectivity index is 1.44. The summed E-state index contributed by atoms with van der Waals surface area (Å²) in [7, 11) is 0. The van der Waals surface area contributed by atoms with Gasteiger partial charge in [0.2, 0.25) is 0 Å². The number of rotatable bonds is 4. The normalized spacial score (nSPS) is 13.8. The number of benzene rings is 3. The average Bonchev–Trinajstić information content (AvgIpc) is 2.80. The predicted molar refractivity (Wildman–Crippen MR) is 123 cm³/mol. The van der Waals surface area contributed by atoms with Crippen molar-refractivity contribution in [1.82, 2.24) is 4.90 Å². The van der Waals surface area contributed by atoms with Crippen LogP contribution in [0.2, 0.25) is 0 Å². The van der Waals surface area contributed by atoms with Crippen LogP contribution >= 0.6 is 15.9 Å². The standard InChI is InChI=1S/C24H22BrN3O2/c25-20-10-6-9-19(17-20)23(29)26-21-11-4-5-12-22(21)27-13-15-28(16-14-27)24(30)18-7-2-1-3-8-18/h1-12,17H,13-16H2,(H,26,29). The van der Waals surface area contributed by atoms with Crippen LogP contribution in [0, 0.1) is 0 Å². The first kappa shape index (κ1) is 20.2. The summed E-state index contributed by atoms with van der Waals surface area (Å²) in [6.45, 7) is 2.70. The highest BCUT2D eigenvalue weighted by Crippen LogP contribution is 2.27. The van der Waals surface area contributed by atoms with Crippen LogP contribution in [0.25, 0.3) is 0 Å². The first-order valence-electron chi connectivity index (χ1n) is 9.87. The van der Waals surface area contributed by atoms with Crippen LogP contribution in [0.5, 0.6) is 0 Å². The first-order valence-corrected chi connectivity index (χ1v) is 10.7. The summed E-state index contributed by atoms with van der Waals surface area (Å²) < 4.78 is 0.864. The van der Waals surface area contributed by atoms with E-state index in [0.29, 0.717) is 37.3 Å². The number of anilines is 2. The summed E-state index contributed by atoms with van der Waals surface area (Å²) >= 11 is 3.41. The van der Waals surface area contributed by atoms with Gasteiger partial charge in [-0.15, -0.1) is 0 Å². The maximum absolute atomic E-state index is 12.7. The Bertz CT molecular complexity index is 1050. The van der Waals surface area contributed by atoms with Crippen LogP contribution in [-0.2, 0) is 0 Å². The third kappa shape index (κ3) is 4.54. The fraction of sp³-hybridized carbons (Fsp3) is 0.167. The van der Waals surface area contributed by atoms with E-state index in [1.165, 1.54) is 0 Å². The molecule has 0 bridgehead atoms. The van der Waals surface area contributed by atoms with Crippen molar-refractivity contribution < 1.29 is 9.59 Å². The summed E-state index contributed by atoms with van der Waals surface area (Å²) in [6, 6.07) is 24.5. The molecule has 3 aromatic rings. The van der Waals surface area contributed by atoms with Crippen LogP contribution in [0.3, 0.4) is 0 Å². The molecule has 1 fully saturated rings. The second kappa shape index (κ2) is 9.13. The molecule has 0 unspecified atom stereocenters. The minimum atomic E-state index is -0.151. The van der Waals surface area contributed by atoms with E-state index < -0.39 is 0 Å². The molecular formula is C24H22BrN3O2. The second-order valence-electron chi connectivity index (χ2n) is 7.13. The second-order valence-corrected chi connectivity index (χ2v) is 8.04. The van der Waals surface area contributed by atoms with Crippen LogP contribution in [0.15, 0.2) is 83.3 Å². The van der Waals surface area contributed by atoms with E-state index >= 15 is 0 Å². The van der Waals surface area contributed by atoms with E-state index in [-0.39, 0.29) is 11.8 Å². The third-order valence-electron chi connectivity index (χ3n) is 5.17. The van der Waals surface area contributed by atoms with Gasteiger partial charge in [-0.2, -0.15) is 0 Å². The van der Waals surface area contributed by atoms with E-state index in [1.807, 2.05) is 71.6 Å². The smallest absolute Gasteiger partial charge is 0.255 e. The zero-order valence-corrected chi connectivity index (χ0v) is 18.0. The number of carbonyl (C=O) groups excluding carboxylic acids is 2. The Morgan fingerprint density at radius 1 is 0.767 bits per heavy atom. The van der Waals surface area contributed by atoms with Crippen LogP contribution < -0.4 is 10.2 Å².